The number of rotatable bonds is 8. The van der Waals surface area contributed by atoms with Crippen LogP contribution in [0, 0.1) is 0 Å². The van der Waals surface area contributed by atoms with Crippen LogP contribution in [-0.4, -0.2) is 46.1 Å². The molecular formula is C26H28N4O3S. The number of anilines is 1. The maximum Gasteiger partial charge on any atom is 0.281 e. The molecule has 2 heterocycles. The van der Waals surface area contributed by atoms with Crippen LogP contribution in [-0.2, 0) is 16.1 Å². The van der Waals surface area contributed by atoms with E-state index in [0.717, 1.165) is 22.2 Å². The summed E-state index contributed by atoms with van der Waals surface area (Å²) >= 11 is 5.46. The van der Waals surface area contributed by atoms with Gasteiger partial charge in [-0.25, -0.2) is 0 Å². The summed E-state index contributed by atoms with van der Waals surface area (Å²) in [4.78, 5) is 29.2. The van der Waals surface area contributed by atoms with Gasteiger partial charge >= 0.3 is 0 Å². The Morgan fingerprint density at radius 1 is 1.09 bits per heavy atom. The number of nitrogens with zero attached hydrogens (tertiary/aromatic N) is 3. The van der Waals surface area contributed by atoms with Crippen LogP contribution < -0.4 is 15.0 Å². The molecule has 2 amide bonds. The second-order valence-electron chi connectivity index (χ2n) is 7.85. The molecule has 3 aromatic rings. The van der Waals surface area contributed by atoms with E-state index >= 15 is 0 Å². The van der Waals surface area contributed by atoms with Crippen molar-refractivity contribution in [2.75, 3.05) is 24.6 Å². The number of nitrogens with one attached hydrogen (secondary N) is 1. The number of hydrogen-bond acceptors (Lipinski definition) is 4. The van der Waals surface area contributed by atoms with Crippen molar-refractivity contribution in [3.05, 3.63) is 66.0 Å². The maximum absolute atomic E-state index is 13.2. The van der Waals surface area contributed by atoms with E-state index < -0.39 is 0 Å². The van der Waals surface area contributed by atoms with Crippen LogP contribution in [0.2, 0.25) is 0 Å². The molecule has 0 radical (unpaired) electrons. The lowest BCUT2D eigenvalue weighted by atomic mass is 10.1. The fourth-order valence-electron chi connectivity index (χ4n) is 4.13. The third-order valence-corrected chi connectivity index (χ3v) is 6.11. The average molecular weight is 477 g/mol. The summed E-state index contributed by atoms with van der Waals surface area (Å²) in [6, 6.07) is 15.1. The van der Waals surface area contributed by atoms with Crippen molar-refractivity contribution in [3.63, 3.8) is 0 Å². The number of carbonyl (C=O) groups excluding carboxylic acids is 2. The quantitative estimate of drug-likeness (QED) is 0.390. The number of fused-ring (bicyclic) bond motifs is 1. The topological polar surface area (TPSA) is 66.8 Å². The molecule has 34 heavy (non-hydrogen) atoms. The number of likely N-dealkylation sites (N-methyl/N-ethyl adjacent to an activating group) is 1. The summed E-state index contributed by atoms with van der Waals surface area (Å²) < 4.78 is 7.42. The zero-order valence-electron chi connectivity index (χ0n) is 19.6. The smallest absolute Gasteiger partial charge is 0.281 e. The Bertz CT molecular complexity index is 1260. The van der Waals surface area contributed by atoms with Gasteiger partial charge in [0.2, 0.25) is 5.91 Å². The zero-order chi connectivity index (χ0) is 24.2. The molecule has 2 aromatic carbocycles. The molecule has 0 spiro atoms. The van der Waals surface area contributed by atoms with Crippen molar-refractivity contribution in [1.82, 2.24) is 14.8 Å². The van der Waals surface area contributed by atoms with Gasteiger partial charge in [0.15, 0.2) is 5.11 Å². The van der Waals surface area contributed by atoms with Crippen molar-refractivity contribution in [1.29, 1.82) is 0 Å². The molecule has 0 bridgehead atoms. The Balaban J connectivity index is 1.64. The van der Waals surface area contributed by atoms with Crippen LogP contribution in [0.4, 0.5) is 5.69 Å². The van der Waals surface area contributed by atoms with E-state index in [9.17, 15) is 9.59 Å². The van der Waals surface area contributed by atoms with Crippen LogP contribution in [0.3, 0.4) is 0 Å². The Hall–Kier alpha value is -3.65. The molecule has 0 atom stereocenters. The molecule has 1 aliphatic heterocycles. The predicted molar refractivity (Wildman–Crippen MR) is 139 cm³/mol. The van der Waals surface area contributed by atoms with Gasteiger partial charge in [0.1, 0.15) is 18.0 Å². The van der Waals surface area contributed by atoms with Crippen molar-refractivity contribution in [3.8, 4) is 5.75 Å². The standard InChI is InChI=1S/C26H28N4O3S/c1-4-28(5-2)24(31)17-29-16-18(21-9-7-8-10-23(21)29)15-22-25(32)30(26(34)27-22)19-11-13-20(14-12-19)33-6-3/h7-16H,4-6,17H2,1-3H3,(H,27,34). The number of ether oxygens (including phenoxy) is 1. The third kappa shape index (κ3) is 4.54. The van der Waals surface area contributed by atoms with Crippen molar-refractivity contribution in [2.24, 2.45) is 0 Å². The summed E-state index contributed by atoms with van der Waals surface area (Å²) in [6.07, 6.45) is 3.71. The van der Waals surface area contributed by atoms with E-state index in [-0.39, 0.29) is 18.4 Å². The lowest BCUT2D eigenvalue weighted by molar-refractivity contribution is -0.131. The number of benzene rings is 2. The fraction of sp³-hybridized carbons (Fsp3) is 0.269. The van der Waals surface area contributed by atoms with Gasteiger partial charge in [-0.3, -0.25) is 14.5 Å². The predicted octanol–water partition coefficient (Wildman–Crippen LogP) is 4.17. The second kappa shape index (κ2) is 10.1. The molecule has 1 fully saturated rings. The summed E-state index contributed by atoms with van der Waals surface area (Å²) in [7, 11) is 0. The fourth-order valence-corrected chi connectivity index (χ4v) is 4.42. The van der Waals surface area contributed by atoms with Gasteiger partial charge in [-0.1, -0.05) is 18.2 Å². The molecule has 1 aromatic heterocycles. The number of hydrogen-bond donors (Lipinski definition) is 1. The lowest BCUT2D eigenvalue weighted by Gasteiger charge is -2.19. The van der Waals surface area contributed by atoms with Gasteiger partial charge in [-0.15, -0.1) is 0 Å². The first-order valence-electron chi connectivity index (χ1n) is 11.4. The molecule has 0 aliphatic carbocycles. The zero-order valence-corrected chi connectivity index (χ0v) is 20.4. The number of para-hydroxylation sites is 1. The highest BCUT2D eigenvalue weighted by Crippen LogP contribution is 2.28. The van der Waals surface area contributed by atoms with Crippen LogP contribution in [0.25, 0.3) is 17.0 Å². The Kier molecular flexibility index (Phi) is 6.98. The molecule has 8 heteroatoms. The first-order valence-corrected chi connectivity index (χ1v) is 11.8. The van der Waals surface area contributed by atoms with Gasteiger partial charge in [0, 0.05) is 35.8 Å². The van der Waals surface area contributed by atoms with Gasteiger partial charge in [0.05, 0.1) is 12.3 Å². The minimum absolute atomic E-state index is 0.0582. The molecular weight excluding hydrogens is 448 g/mol. The van der Waals surface area contributed by atoms with E-state index in [1.54, 1.807) is 6.08 Å². The summed E-state index contributed by atoms with van der Waals surface area (Å²) in [5.74, 6) is 0.563. The highest BCUT2D eigenvalue weighted by atomic mass is 32.1. The first kappa shape index (κ1) is 23.5. The van der Waals surface area contributed by atoms with Gasteiger partial charge in [-0.05, 0) is 69.4 Å². The normalized spacial score (nSPS) is 14.7. The van der Waals surface area contributed by atoms with Crippen molar-refractivity contribution in [2.45, 2.75) is 27.3 Å². The van der Waals surface area contributed by atoms with E-state index in [4.69, 9.17) is 17.0 Å². The maximum atomic E-state index is 13.2. The van der Waals surface area contributed by atoms with E-state index in [2.05, 4.69) is 5.32 Å². The van der Waals surface area contributed by atoms with Crippen molar-refractivity contribution < 1.29 is 14.3 Å². The van der Waals surface area contributed by atoms with E-state index in [1.807, 2.05) is 85.0 Å². The number of aromatic nitrogens is 1. The van der Waals surface area contributed by atoms with Gasteiger partial charge < -0.3 is 19.5 Å². The number of carbonyl (C=O) groups is 2. The highest BCUT2D eigenvalue weighted by Gasteiger charge is 2.32. The highest BCUT2D eigenvalue weighted by molar-refractivity contribution is 7.80. The Morgan fingerprint density at radius 3 is 2.47 bits per heavy atom. The largest absolute Gasteiger partial charge is 0.494 e. The number of thiocarbonyl (C=S) groups is 1. The Labute approximate surface area is 204 Å². The van der Waals surface area contributed by atoms with Crippen LogP contribution >= 0.6 is 12.2 Å². The monoisotopic (exact) mass is 476 g/mol. The molecule has 7 nitrogen and oxygen atoms in total. The Morgan fingerprint density at radius 2 is 1.79 bits per heavy atom. The van der Waals surface area contributed by atoms with Crippen LogP contribution in [0.5, 0.6) is 5.75 Å². The minimum atomic E-state index is -0.231. The first-order chi connectivity index (χ1) is 16.5. The van der Waals surface area contributed by atoms with Gasteiger partial charge in [-0.2, -0.15) is 0 Å². The van der Waals surface area contributed by atoms with Crippen LogP contribution in [0.1, 0.15) is 26.3 Å². The molecule has 1 saturated heterocycles. The lowest BCUT2D eigenvalue weighted by Crippen LogP contribution is -2.33. The molecule has 1 N–H and O–H groups in total. The molecule has 0 unspecified atom stereocenters. The second-order valence-corrected chi connectivity index (χ2v) is 8.24. The summed E-state index contributed by atoms with van der Waals surface area (Å²) in [5.41, 5.74) is 2.83. The van der Waals surface area contributed by atoms with E-state index in [0.29, 0.717) is 36.2 Å². The molecule has 4 rings (SSSR count). The third-order valence-electron chi connectivity index (χ3n) is 5.83. The van der Waals surface area contributed by atoms with Crippen molar-refractivity contribution >= 4 is 51.8 Å². The van der Waals surface area contributed by atoms with E-state index in [1.165, 1.54) is 4.90 Å². The molecule has 1 aliphatic rings. The van der Waals surface area contributed by atoms with Crippen LogP contribution in [0.15, 0.2) is 60.4 Å². The average Bonchev–Trinajstić information content (AvgIpc) is 3.32. The molecule has 176 valence electrons. The molecule has 0 saturated carbocycles. The summed E-state index contributed by atoms with van der Waals surface area (Å²) in [6.45, 7) is 8.02. The van der Waals surface area contributed by atoms with Gasteiger partial charge in [0.25, 0.3) is 5.91 Å². The SMILES string of the molecule is CCOc1ccc(N2C(=O)C(=Cc3cn(CC(=O)N(CC)CC)c4ccccc34)NC2=S)cc1. The number of amides is 2. The summed E-state index contributed by atoms with van der Waals surface area (Å²) in [5, 5.41) is 4.33. The minimum Gasteiger partial charge on any atom is -0.494 e.